The van der Waals surface area contributed by atoms with Crippen molar-refractivity contribution in [1.82, 2.24) is 0 Å². The molecule has 2 unspecified atom stereocenters. The number of aliphatic hydroxyl groups excluding tert-OH is 4. The molecule has 0 aromatic rings. The molecule has 0 rings (SSSR count). The summed E-state index contributed by atoms with van der Waals surface area (Å²) in [5.74, 6) is 0. The van der Waals surface area contributed by atoms with Gasteiger partial charge in [0.05, 0.1) is 26.4 Å². The Morgan fingerprint density at radius 3 is 1.50 bits per heavy atom. The van der Waals surface area contributed by atoms with Gasteiger partial charge in [0.1, 0.15) is 12.2 Å². The second-order valence-corrected chi connectivity index (χ2v) is 2.21. The van der Waals surface area contributed by atoms with Gasteiger partial charge < -0.3 is 25.2 Å². The molecule has 6 nitrogen and oxygen atoms in total. The fourth-order valence-electron chi connectivity index (χ4n) is 0.446. The lowest BCUT2D eigenvalue weighted by atomic mass is 10.4. The highest BCUT2D eigenvalue weighted by Crippen LogP contribution is 1.87. The minimum Gasteiger partial charge on any atom is -0.394 e. The molecule has 0 aliphatic heterocycles. The van der Waals surface area contributed by atoms with Gasteiger partial charge in [-0.3, -0.25) is 0 Å². The van der Waals surface area contributed by atoms with E-state index in [1.54, 1.807) is 0 Å². The maximum absolute atomic E-state index is 8.72. The van der Waals surface area contributed by atoms with Crippen LogP contribution in [0, 0.1) is 0 Å². The Labute approximate surface area is 70.3 Å². The van der Waals surface area contributed by atoms with Crippen molar-refractivity contribution in [3.05, 3.63) is 0 Å². The van der Waals surface area contributed by atoms with Gasteiger partial charge in [-0.1, -0.05) is 0 Å². The average Bonchev–Trinajstić information content (AvgIpc) is 2.04. The van der Waals surface area contributed by atoms with E-state index in [4.69, 9.17) is 25.2 Å². The van der Waals surface area contributed by atoms with E-state index in [0.29, 0.717) is 0 Å². The summed E-state index contributed by atoms with van der Waals surface area (Å²) < 4.78 is 4.72. The van der Waals surface area contributed by atoms with Crippen LogP contribution in [0.1, 0.15) is 0 Å². The van der Waals surface area contributed by atoms with E-state index in [9.17, 15) is 0 Å². The van der Waals surface area contributed by atoms with Crippen LogP contribution >= 0.6 is 0 Å². The molecular weight excluding hydrogens is 168 g/mol. The quantitative estimate of drug-likeness (QED) is 0.365. The molecule has 0 amide bonds. The van der Waals surface area contributed by atoms with Crippen LogP contribution in [0.2, 0.25) is 0 Å². The van der Waals surface area contributed by atoms with Crippen LogP contribution in [-0.2, 0) is 10.2 Å². The first-order valence-corrected chi connectivity index (χ1v) is 3.36. The van der Waals surface area contributed by atoms with Gasteiger partial charge in [0.25, 0.3) is 0 Å². The number of hydrogen-bond acceptors (Lipinski definition) is 5. The second-order valence-electron chi connectivity index (χ2n) is 2.21. The van der Waals surface area contributed by atoms with Gasteiger partial charge in [-0.2, -0.15) is 0 Å². The van der Waals surface area contributed by atoms with Crippen LogP contribution in [0.5, 0.6) is 0 Å². The van der Waals surface area contributed by atoms with Crippen molar-refractivity contribution in [1.29, 1.82) is 0 Å². The van der Waals surface area contributed by atoms with Crippen molar-refractivity contribution in [2.45, 2.75) is 12.2 Å². The zero-order valence-corrected chi connectivity index (χ0v) is 6.59. The second kappa shape index (κ2) is 8.85. The smallest absolute Gasteiger partial charge is 0.100 e. The first-order valence-electron chi connectivity index (χ1n) is 3.36. The molecule has 12 heavy (non-hydrogen) atoms. The normalized spacial score (nSPS) is 15.0. The van der Waals surface area contributed by atoms with Crippen molar-refractivity contribution in [3.63, 3.8) is 0 Å². The summed E-state index contributed by atoms with van der Waals surface area (Å²) in [6.07, 6.45) is -1.83. The Hall–Kier alpha value is -0.240. The van der Waals surface area contributed by atoms with E-state index in [-0.39, 0.29) is 31.9 Å². The minimum atomic E-state index is -0.916. The summed E-state index contributed by atoms with van der Waals surface area (Å²) in [6, 6.07) is 0. The lowest BCUT2D eigenvalue weighted by Gasteiger charge is -2.10. The van der Waals surface area contributed by atoms with Crippen LogP contribution in [0.25, 0.3) is 0 Å². The monoisotopic (exact) mass is 182 g/mol. The number of ether oxygens (including phenoxy) is 1. The topological polar surface area (TPSA) is 119 Å². The first kappa shape index (κ1) is 14.3. The van der Waals surface area contributed by atoms with Gasteiger partial charge in [-0.05, 0) is 0 Å². The van der Waals surface area contributed by atoms with Gasteiger partial charge >= 0.3 is 0 Å². The van der Waals surface area contributed by atoms with E-state index in [2.05, 4.69) is 0 Å². The summed E-state index contributed by atoms with van der Waals surface area (Å²) in [7, 11) is 0. The van der Waals surface area contributed by atoms with Crippen LogP contribution in [0.4, 0.5) is 0 Å². The van der Waals surface area contributed by atoms with E-state index in [1.807, 2.05) is 0 Å². The van der Waals surface area contributed by atoms with E-state index >= 15 is 0 Å². The zero-order chi connectivity index (χ0) is 8.69. The molecule has 0 spiro atoms. The molecule has 6 heteroatoms. The van der Waals surface area contributed by atoms with E-state index < -0.39 is 12.2 Å². The third-order valence-electron chi connectivity index (χ3n) is 1.04. The summed E-state index contributed by atoms with van der Waals surface area (Å²) in [5.41, 5.74) is 0. The predicted octanol–water partition coefficient (Wildman–Crippen LogP) is -2.41. The molecule has 0 aromatic carbocycles. The molecule has 0 saturated heterocycles. The summed E-state index contributed by atoms with van der Waals surface area (Å²) >= 11 is 0. The molecule has 0 aliphatic carbocycles. The highest BCUT2D eigenvalue weighted by Gasteiger charge is 2.04. The fourth-order valence-corrected chi connectivity index (χ4v) is 0.446. The summed E-state index contributed by atoms with van der Waals surface area (Å²) in [5, 5.41) is 34.1. The maximum Gasteiger partial charge on any atom is 0.100 e. The molecule has 0 bridgehead atoms. The van der Waals surface area contributed by atoms with E-state index in [0.717, 1.165) is 0 Å². The highest BCUT2D eigenvalue weighted by molar-refractivity contribution is 4.52. The van der Waals surface area contributed by atoms with E-state index in [1.165, 1.54) is 0 Å². The Balaban J connectivity index is 0. The molecule has 0 fully saturated rings. The predicted molar refractivity (Wildman–Crippen MR) is 37.7 cm³/mol. The van der Waals surface area contributed by atoms with Crippen molar-refractivity contribution in [2.24, 2.45) is 0 Å². The lowest BCUT2D eigenvalue weighted by molar-refractivity contribution is -0.0364. The molecule has 2 atom stereocenters. The molecular formula is C6H14O6. The Morgan fingerprint density at radius 1 is 0.917 bits per heavy atom. The van der Waals surface area contributed by atoms with Gasteiger partial charge in [0, 0.05) is 5.48 Å². The first-order chi connectivity index (χ1) is 5.20. The maximum atomic E-state index is 8.72. The van der Waals surface area contributed by atoms with Crippen molar-refractivity contribution < 1.29 is 30.6 Å². The van der Waals surface area contributed by atoms with Crippen LogP contribution in [0.15, 0.2) is 0 Å². The summed E-state index contributed by atoms with van der Waals surface area (Å²) in [6.45, 7) is -0.800. The number of hydrogen-bond donors (Lipinski definition) is 4. The Bertz CT molecular complexity index is 78.1. The third-order valence-corrected chi connectivity index (χ3v) is 1.04. The number of aliphatic hydroxyl groups is 4. The SMILES string of the molecule is OCC(O)COCC(O)CO.[O]. The summed E-state index contributed by atoms with van der Waals surface area (Å²) in [4.78, 5) is 0. The molecule has 0 heterocycles. The largest absolute Gasteiger partial charge is 0.394 e. The lowest BCUT2D eigenvalue weighted by Crippen LogP contribution is -2.25. The van der Waals surface area contributed by atoms with Crippen LogP contribution in [-0.4, -0.2) is 59.1 Å². The van der Waals surface area contributed by atoms with Crippen LogP contribution < -0.4 is 0 Å². The molecule has 0 aromatic heterocycles. The van der Waals surface area contributed by atoms with Gasteiger partial charge in [0.2, 0.25) is 0 Å². The van der Waals surface area contributed by atoms with Crippen molar-refractivity contribution in [3.8, 4) is 0 Å². The van der Waals surface area contributed by atoms with Crippen molar-refractivity contribution >= 4 is 0 Å². The fraction of sp³-hybridized carbons (Fsp3) is 1.00. The Kier molecular flexibility index (Phi) is 10.5. The molecule has 2 radical (unpaired) electrons. The minimum absolute atomic E-state index is 0. The van der Waals surface area contributed by atoms with Gasteiger partial charge in [0.15, 0.2) is 0 Å². The zero-order valence-electron chi connectivity index (χ0n) is 6.59. The van der Waals surface area contributed by atoms with Gasteiger partial charge in [-0.25, -0.2) is 0 Å². The highest BCUT2D eigenvalue weighted by atomic mass is 16.5. The molecule has 74 valence electrons. The van der Waals surface area contributed by atoms with Gasteiger partial charge in [-0.15, -0.1) is 0 Å². The number of rotatable bonds is 6. The molecule has 0 saturated carbocycles. The molecule has 0 aliphatic rings. The van der Waals surface area contributed by atoms with Crippen molar-refractivity contribution in [2.75, 3.05) is 26.4 Å². The molecule has 4 N–H and O–H groups in total. The standard InChI is InChI=1S/C6H14O5.O/c7-1-5(9)3-11-4-6(10)2-8;/h5-10H,1-4H2;. The average molecular weight is 182 g/mol. The third kappa shape index (κ3) is 7.86. The van der Waals surface area contributed by atoms with Crippen LogP contribution in [0.3, 0.4) is 0 Å². The Morgan fingerprint density at radius 2 is 1.25 bits per heavy atom.